The Morgan fingerprint density at radius 1 is 1.50 bits per heavy atom. The Morgan fingerprint density at radius 3 is 3.05 bits per heavy atom. The molecule has 0 saturated carbocycles. The Balaban J connectivity index is 1.87. The van der Waals surface area contributed by atoms with Crippen LogP contribution in [-0.2, 0) is 0 Å². The zero-order chi connectivity index (χ0) is 14.1. The summed E-state index contributed by atoms with van der Waals surface area (Å²) in [6.07, 6.45) is 3.38. The van der Waals surface area contributed by atoms with Gasteiger partial charge in [0.2, 0.25) is 0 Å². The number of nitrogens with zero attached hydrogens (tertiary/aromatic N) is 3. The molecule has 1 unspecified atom stereocenters. The highest BCUT2D eigenvalue weighted by Crippen LogP contribution is 2.33. The van der Waals surface area contributed by atoms with Gasteiger partial charge in [-0.25, -0.2) is 4.98 Å². The summed E-state index contributed by atoms with van der Waals surface area (Å²) in [5.41, 5.74) is 1.37. The first-order valence-corrected chi connectivity index (χ1v) is 6.88. The van der Waals surface area contributed by atoms with Crippen LogP contribution in [0, 0.1) is 6.92 Å². The van der Waals surface area contributed by atoms with Crippen molar-refractivity contribution in [3.63, 3.8) is 0 Å². The molecule has 2 aromatic rings. The van der Waals surface area contributed by atoms with Crippen LogP contribution in [0.15, 0.2) is 28.9 Å². The van der Waals surface area contributed by atoms with E-state index in [9.17, 15) is 4.79 Å². The van der Waals surface area contributed by atoms with Gasteiger partial charge in [-0.3, -0.25) is 4.79 Å². The lowest BCUT2D eigenvalue weighted by Crippen LogP contribution is -2.30. The predicted octanol–water partition coefficient (Wildman–Crippen LogP) is 3.01. The second-order valence-electron chi connectivity index (χ2n) is 4.89. The van der Waals surface area contributed by atoms with E-state index < -0.39 is 0 Å². The van der Waals surface area contributed by atoms with E-state index in [0.29, 0.717) is 17.3 Å². The maximum atomic E-state index is 12.6. The van der Waals surface area contributed by atoms with Crippen LogP contribution in [0.5, 0.6) is 0 Å². The third-order valence-electron chi connectivity index (χ3n) is 3.46. The maximum Gasteiger partial charge on any atom is 0.254 e. The first-order chi connectivity index (χ1) is 9.65. The molecule has 104 valence electrons. The van der Waals surface area contributed by atoms with Gasteiger partial charge in [0.15, 0.2) is 5.76 Å². The minimum absolute atomic E-state index is 0.0457. The first kappa shape index (κ1) is 13.1. The third-order valence-corrected chi connectivity index (χ3v) is 3.67. The van der Waals surface area contributed by atoms with E-state index in [4.69, 9.17) is 16.1 Å². The van der Waals surface area contributed by atoms with Gasteiger partial charge in [0.25, 0.3) is 5.91 Å². The molecular weight excluding hydrogens is 278 g/mol. The molecule has 0 radical (unpaired) electrons. The van der Waals surface area contributed by atoms with E-state index in [0.717, 1.165) is 24.3 Å². The lowest BCUT2D eigenvalue weighted by Gasteiger charge is -2.22. The molecule has 1 amide bonds. The number of halogens is 1. The molecule has 1 aliphatic heterocycles. The van der Waals surface area contributed by atoms with Crippen molar-refractivity contribution in [1.82, 2.24) is 15.0 Å². The summed E-state index contributed by atoms with van der Waals surface area (Å²) in [4.78, 5) is 18.3. The number of aryl methyl sites for hydroxylation is 1. The van der Waals surface area contributed by atoms with Crippen LogP contribution in [0.25, 0.3) is 0 Å². The van der Waals surface area contributed by atoms with E-state index in [1.807, 2.05) is 17.9 Å². The van der Waals surface area contributed by atoms with Crippen LogP contribution in [0.1, 0.15) is 40.7 Å². The Bertz CT molecular complexity index is 641. The van der Waals surface area contributed by atoms with E-state index in [-0.39, 0.29) is 11.9 Å². The normalized spacial score (nSPS) is 18.5. The molecule has 1 saturated heterocycles. The van der Waals surface area contributed by atoms with E-state index >= 15 is 0 Å². The number of carbonyl (C=O) groups excluding carboxylic acids is 1. The molecular formula is C14H14ClN3O2. The first-order valence-electron chi connectivity index (χ1n) is 6.51. The third kappa shape index (κ3) is 2.41. The standard InChI is InChI=1S/C14H14ClN3O2/c1-9-7-12(20-17-9)11-3-2-6-18(11)14(19)10-4-5-16-13(15)8-10/h4-5,7-8,11H,2-3,6H2,1H3. The summed E-state index contributed by atoms with van der Waals surface area (Å²) in [6.45, 7) is 2.58. The predicted molar refractivity (Wildman–Crippen MR) is 73.5 cm³/mol. The molecule has 0 spiro atoms. The maximum absolute atomic E-state index is 12.6. The molecule has 1 aliphatic rings. The topological polar surface area (TPSA) is 59.2 Å². The van der Waals surface area contributed by atoms with Crippen molar-refractivity contribution in [3.8, 4) is 0 Å². The van der Waals surface area contributed by atoms with E-state index in [2.05, 4.69) is 10.1 Å². The molecule has 0 N–H and O–H groups in total. The number of rotatable bonds is 2. The number of pyridine rings is 1. The van der Waals surface area contributed by atoms with Gasteiger partial charge >= 0.3 is 0 Å². The lowest BCUT2D eigenvalue weighted by molar-refractivity contribution is 0.0714. The highest BCUT2D eigenvalue weighted by molar-refractivity contribution is 6.29. The summed E-state index contributed by atoms with van der Waals surface area (Å²) < 4.78 is 5.31. The van der Waals surface area contributed by atoms with Crippen LogP contribution in [0.2, 0.25) is 5.15 Å². The zero-order valence-corrected chi connectivity index (χ0v) is 11.8. The second-order valence-corrected chi connectivity index (χ2v) is 5.28. The Hall–Kier alpha value is -1.88. The van der Waals surface area contributed by atoms with Gasteiger partial charge < -0.3 is 9.42 Å². The Morgan fingerprint density at radius 2 is 2.35 bits per heavy atom. The van der Waals surface area contributed by atoms with Crippen molar-refractivity contribution < 1.29 is 9.32 Å². The Kier molecular flexibility index (Phi) is 3.44. The fraction of sp³-hybridized carbons (Fsp3) is 0.357. The molecule has 0 aliphatic carbocycles. The number of likely N-dealkylation sites (tertiary alicyclic amines) is 1. The summed E-state index contributed by atoms with van der Waals surface area (Å²) >= 11 is 5.84. The average Bonchev–Trinajstić information content (AvgIpc) is 3.06. The molecule has 3 rings (SSSR count). The smallest absolute Gasteiger partial charge is 0.254 e. The molecule has 2 aromatic heterocycles. The van der Waals surface area contributed by atoms with Gasteiger partial charge in [-0.05, 0) is 31.9 Å². The summed E-state index contributed by atoms with van der Waals surface area (Å²) in [5, 5.41) is 4.22. The molecule has 5 nitrogen and oxygen atoms in total. The fourth-order valence-electron chi connectivity index (χ4n) is 2.55. The number of hydrogen-bond donors (Lipinski definition) is 0. The minimum atomic E-state index is -0.0501. The van der Waals surface area contributed by atoms with Crippen LogP contribution in [-0.4, -0.2) is 27.5 Å². The lowest BCUT2D eigenvalue weighted by atomic mass is 10.1. The number of aromatic nitrogens is 2. The van der Waals surface area contributed by atoms with Crippen LogP contribution < -0.4 is 0 Å². The van der Waals surface area contributed by atoms with Crippen molar-refractivity contribution in [1.29, 1.82) is 0 Å². The molecule has 6 heteroatoms. The largest absolute Gasteiger partial charge is 0.359 e. The van der Waals surface area contributed by atoms with Gasteiger partial charge in [0.05, 0.1) is 11.7 Å². The van der Waals surface area contributed by atoms with Gasteiger partial charge in [-0.15, -0.1) is 0 Å². The number of carbonyl (C=O) groups is 1. The van der Waals surface area contributed by atoms with Gasteiger partial charge in [-0.1, -0.05) is 16.8 Å². The van der Waals surface area contributed by atoms with Gasteiger partial charge in [0.1, 0.15) is 5.15 Å². The quantitative estimate of drug-likeness (QED) is 0.798. The molecule has 20 heavy (non-hydrogen) atoms. The summed E-state index contributed by atoms with van der Waals surface area (Å²) in [5.74, 6) is 0.694. The highest BCUT2D eigenvalue weighted by atomic mass is 35.5. The second kappa shape index (κ2) is 5.25. The van der Waals surface area contributed by atoms with Gasteiger partial charge in [-0.2, -0.15) is 0 Å². The highest BCUT2D eigenvalue weighted by Gasteiger charge is 2.33. The monoisotopic (exact) mass is 291 g/mol. The van der Waals surface area contributed by atoms with Crippen LogP contribution in [0.3, 0.4) is 0 Å². The van der Waals surface area contributed by atoms with E-state index in [1.54, 1.807) is 18.3 Å². The van der Waals surface area contributed by atoms with Crippen molar-refractivity contribution >= 4 is 17.5 Å². The molecule has 0 bridgehead atoms. The van der Waals surface area contributed by atoms with Crippen molar-refractivity contribution in [2.45, 2.75) is 25.8 Å². The number of amides is 1. The minimum Gasteiger partial charge on any atom is -0.359 e. The van der Waals surface area contributed by atoms with Crippen LogP contribution >= 0.6 is 11.6 Å². The number of hydrogen-bond acceptors (Lipinski definition) is 4. The molecule has 3 heterocycles. The molecule has 0 aromatic carbocycles. The van der Waals surface area contributed by atoms with Crippen molar-refractivity contribution in [3.05, 3.63) is 46.6 Å². The summed E-state index contributed by atoms with van der Waals surface area (Å²) in [6, 6.07) is 5.10. The van der Waals surface area contributed by atoms with E-state index in [1.165, 1.54) is 0 Å². The SMILES string of the molecule is Cc1cc(C2CCCN2C(=O)c2ccnc(Cl)c2)on1. The van der Waals surface area contributed by atoms with Gasteiger partial charge in [0, 0.05) is 24.4 Å². The molecule has 1 atom stereocenters. The average molecular weight is 292 g/mol. The molecule has 1 fully saturated rings. The van der Waals surface area contributed by atoms with Crippen molar-refractivity contribution in [2.24, 2.45) is 0 Å². The fourth-order valence-corrected chi connectivity index (χ4v) is 2.72. The summed E-state index contributed by atoms with van der Waals surface area (Å²) in [7, 11) is 0. The van der Waals surface area contributed by atoms with Crippen molar-refractivity contribution in [2.75, 3.05) is 6.54 Å². The zero-order valence-electron chi connectivity index (χ0n) is 11.0. The van der Waals surface area contributed by atoms with Crippen LogP contribution in [0.4, 0.5) is 0 Å². The Labute approximate surface area is 121 Å².